The lowest BCUT2D eigenvalue weighted by Gasteiger charge is -2.13. The summed E-state index contributed by atoms with van der Waals surface area (Å²) in [5, 5.41) is 8.52. The van der Waals surface area contributed by atoms with Crippen LogP contribution < -0.4 is 16.0 Å². The molecule has 0 aliphatic rings. The van der Waals surface area contributed by atoms with E-state index < -0.39 is 5.91 Å². The van der Waals surface area contributed by atoms with Crippen molar-refractivity contribution >= 4 is 46.9 Å². The lowest BCUT2D eigenvalue weighted by atomic mass is 10.1. The van der Waals surface area contributed by atoms with Crippen molar-refractivity contribution in [1.29, 1.82) is 0 Å². The van der Waals surface area contributed by atoms with E-state index in [0.29, 0.717) is 11.3 Å². The highest BCUT2D eigenvalue weighted by Crippen LogP contribution is 2.23. The lowest BCUT2D eigenvalue weighted by Crippen LogP contribution is -2.30. The first kappa shape index (κ1) is 27.4. The standard InChI is InChI=1S/C32H29N3O3S/c1-22-15-17-26(18-16-22)33-30(36)21-39-28-14-8-13-27(20-28)34-32(38)29(19-25-12-7-6-9-23(25)2)35-31(37)24-10-4-3-5-11-24/h3-20H,21H2,1-2H3,(H,33,36)(H,34,38)(H,35,37)/b29-19-. The second-order valence-corrected chi connectivity index (χ2v) is 9.97. The number of amides is 3. The number of carbonyl (C=O) groups excluding carboxylic acids is 3. The molecule has 7 heteroatoms. The van der Waals surface area contributed by atoms with Gasteiger partial charge in [0, 0.05) is 21.8 Å². The van der Waals surface area contributed by atoms with E-state index in [0.717, 1.165) is 27.3 Å². The molecule has 0 bridgehead atoms. The van der Waals surface area contributed by atoms with E-state index in [-0.39, 0.29) is 23.3 Å². The Bertz CT molecular complexity index is 1500. The summed E-state index contributed by atoms with van der Waals surface area (Å²) in [6, 6.07) is 31.2. The van der Waals surface area contributed by atoms with Crippen molar-refractivity contribution in [3.05, 3.63) is 131 Å². The molecule has 3 amide bonds. The van der Waals surface area contributed by atoms with Crippen LogP contribution in [0.1, 0.15) is 27.0 Å². The van der Waals surface area contributed by atoms with Gasteiger partial charge in [0.2, 0.25) is 5.91 Å². The molecule has 0 heterocycles. The summed E-state index contributed by atoms with van der Waals surface area (Å²) in [6.07, 6.45) is 1.67. The van der Waals surface area contributed by atoms with Gasteiger partial charge in [-0.2, -0.15) is 0 Å². The highest BCUT2D eigenvalue weighted by atomic mass is 32.2. The molecule has 0 radical (unpaired) electrons. The maximum Gasteiger partial charge on any atom is 0.272 e. The summed E-state index contributed by atoms with van der Waals surface area (Å²) in [4.78, 5) is 39.4. The van der Waals surface area contributed by atoms with Gasteiger partial charge in [-0.05, 0) is 73.5 Å². The zero-order valence-corrected chi connectivity index (χ0v) is 22.5. The number of thioether (sulfide) groups is 1. The molecule has 0 saturated heterocycles. The van der Waals surface area contributed by atoms with Gasteiger partial charge < -0.3 is 16.0 Å². The molecule has 0 atom stereocenters. The number of anilines is 2. The fraction of sp³-hybridized carbons (Fsp3) is 0.0938. The Morgan fingerprint density at radius 1 is 0.744 bits per heavy atom. The second kappa shape index (κ2) is 13.3. The zero-order valence-electron chi connectivity index (χ0n) is 21.7. The van der Waals surface area contributed by atoms with Crippen LogP contribution in [0.2, 0.25) is 0 Å². The van der Waals surface area contributed by atoms with E-state index in [4.69, 9.17) is 0 Å². The number of carbonyl (C=O) groups is 3. The minimum Gasteiger partial charge on any atom is -0.325 e. The molecule has 3 N–H and O–H groups in total. The quantitative estimate of drug-likeness (QED) is 0.170. The van der Waals surface area contributed by atoms with E-state index in [9.17, 15) is 14.4 Å². The number of rotatable bonds is 9. The Morgan fingerprint density at radius 3 is 2.21 bits per heavy atom. The molecule has 6 nitrogen and oxygen atoms in total. The maximum atomic E-state index is 13.3. The van der Waals surface area contributed by atoms with Crippen LogP contribution in [0, 0.1) is 13.8 Å². The molecule has 4 aromatic rings. The van der Waals surface area contributed by atoms with E-state index >= 15 is 0 Å². The van der Waals surface area contributed by atoms with E-state index in [1.165, 1.54) is 11.8 Å². The predicted octanol–water partition coefficient (Wildman–Crippen LogP) is 6.44. The monoisotopic (exact) mass is 535 g/mol. The fourth-order valence-corrected chi connectivity index (χ4v) is 4.45. The Kier molecular flexibility index (Phi) is 9.32. The highest BCUT2D eigenvalue weighted by Gasteiger charge is 2.16. The van der Waals surface area contributed by atoms with Crippen molar-refractivity contribution < 1.29 is 14.4 Å². The van der Waals surface area contributed by atoms with Crippen LogP contribution >= 0.6 is 11.8 Å². The molecule has 0 unspecified atom stereocenters. The van der Waals surface area contributed by atoms with Gasteiger partial charge in [0.05, 0.1) is 5.75 Å². The Labute approximate surface area is 232 Å². The van der Waals surface area contributed by atoms with Crippen LogP contribution in [-0.4, -0.2) is 23.5 Å². The number of hydrogen-bond acceptors (Lipinski definition) is 4. The molecular formula is C32H29N3O3S. The first-order chi connectivity index (χ1) is 18.9. The minimum atomic E-state index is -0.457. The third kappa shape index (κ3) is 8.18. The maximum absolute atomic E-state index is 13.3. The summed E-state index contributed by atoms with van der Waals surface area (Å²) in [6.45, 7) is 3.93. The minimum absolute atomic E-state index is 0.119. The van der Waals surface area contributed by atoms with Gasteiger partial charge in [-0.1, -0.05) is 66.2 Å². The molecule has 0 fully saturated rings. The first-order valence-electron chi connectivity index (χ1n) is 12.4. The SMILES string of the molecule is Cc1ccc(NC(=O)CSc2cccc(NC(=O)/C(=C/c3ccccc3C)NC(=O)c3ccccc3)c2)cc1. The van der Waals surface area contributed by atoms with E-state index in [2.05, 4.69) is 16.0 Å². The van der Waals surface area contributed by atoms with Gasteiger partial charge in [0.15, 0.2) is 0 Å². The van der Waals surface area contributed by atoms with Crippen LogP contribution in [-0.2, 0) is 9.59 Å². The molecular weight excluding hydrogens is 506 g/mol. The van der Waals surface area contributed by atoms with Gasteiger partial charge in [-0.3, -0.25) is 14.4 Å². The van der Waals surface area contributed by atoms with Crippen molar-refractivity contribution in [2.24, 2.45) is 0 Å². The van der Waals surface area contributed by atoms with Gasteiger partial charge >= 0.3 is 0 Å². The van der Waals surface area contributed by atoms with Gasteiger partial charge in [0.1, 0.15) is 5.70 Å². The Hall–Kier alpha value is -4.62. The summed E-state index contributed by atoms with van der Waals surface area (Å²) < 4.78 is 0. The molecule has 0 spiro atoms. The van der Waals surface area contributed by atoms with Crippen LogP contribution in [0.5, 0.6) is 0 Å². The molecule has 0 aliphatic carbocycles. The molecule has 4 aromatic carbocycles. The highest BCUT2D eigenvalue weighted by molar-refractivity contribution is 8.00. The van der Waals surface area contributed by atoms with E-state index in [1.54, 1.807) is 42.5 Å². The number of nitrogens with one attached hydrogen (secondary N) is 3. The number of benzene rings is 4. The zero-order chi connectivity index (χ0) is 27.6. The van der Waals surface area contributed by atoms with Crippen molar-refractivity contribution in [3.8, 4) is 0 Å². The predicted molar refractivity (Wildman–Crippen MR) is 159 cm³/mol. The summed E-state index contributed by atoms with van der Waals surface area (Å²) in [5.41, 5.74) is 4.78. The van der Waals surface area contributed by atoms with Gasteiger partial charge in [-0.25, -0.2) is 0 Å². The molecule has 39 heavy (non-hydrogen) atoms. The molecule has 0 saturated carbocycles. The largest absolute Gasteiger partial charge is 0.325 e. The topological polar surface area (TPSA) is 87.3 Å². The molecule has 0 aliphatic heterocycles. The van der Waals surface area contributed by atoms with Crippen molar-refractivity contribution in [2.75, 3.05) is 16.4 Å². The third-order valence-electron chi connectivity index (χ3n) is 5.81. The van der Waals surface area contributed by atoms with Crippen molar-refractivity contribution in [1.82, 2.24) is 5.32 Å². The summed E-state index contributed by atoms with van der Waals surface area (Å²) >= 11 is 1.37. The molecule has 196 valence electrons. The molecule has 0 aromatic heterocycles. The first-order valence-corrected chi connectivity index (χ1v) is 13.4. The fourth-order valence-electron chi connectivity index (χ4n) is 3.69. The smallest absolute Gasteiger partial charge is 0.272 e. The average molecular weight is 536 g/mol. The van der Waals surface area contributed by atoms with Crippen LogP contribution in [0.4, 0.5) is 11.4 Å². The third-order valence-corrected chi connectivity index (χ3v) is 6.81. The molecule has 4 rings (SSSR count). The van der Waals surface area contributed by atoms with Crippen molar-refractivity contribution in [3.63, 3.8) is 0 Å². The van der Waals surface area contributed by atoms with Crippen molar-refractivity contribution in [2.45, 2.75) is 18.7 Å². The normalized spacial score (nSPS) is 11.0. The Balaban J connectivity index is 1.45. The van der Waals surface area contributed by atoms with E-state index in [1.807, 2.05) is 80.6 Å². The summed E-state index contributed by atoms with van der Waals surface area (Å²) in [5.74, 6) is -0.738. The van der Waals surface area contributed by atoms with Gasteiger partial charge in [-0.15, -0.1) is 11.8 Å². The van der Waals surface area contributed by atoms with Gasteiger partial charge in [0.25, 0.3) is 11.8 Å². The summed E-state index contributed by atoms with van der Waals surface area (Å²) in [7, 11) is 0. The van der Waals surface area contributed by atoms with Crippen LogP contribution in [0.3, 0.4) is 0 Å². The lowest BCUT2D eigenvalue weighted by molar-refractivity contribution is -0.114. The van der Waals surface area contributed by atoms with Crippen LogP contribution in [0.15, 0.2) is 114 Å². The second-order valence-electron chi connectivity index (χ2n) is 8.92. The number of aryl methyl sites for hydroxylation is 2. The Morgan fingerprint density at radius 2 is 1.46 bits per heavy atom. The number of hydrogen-bond donors (Lipinski definition) is 3. The van der Waals surface area contributed by atoms with Crippen LogP contribution in [0.25, 0.3) is 6.08 Å². The average Bonchev–Trinajstić information content (AvgIpc) is 2.94.